The number of carboxylic acid groups (broad SMARTS) is 1. The standard InChI is InChI=1S/C12H24N2O3S/c1-5-6-7-10(11(15)16)13-12(17)14(3)9(2)8-18-4/h9-10H,5-8H2,1-4H3,(H,13,17)(H,15,16). The molecule has 2 amide bonds. The molecule has 0 spiro atoms. The molecule has 106 valence electrons. The fourth-order valence-electron chi connectivity index (χ4n) is 1.47. The molecule has 6 heteroatoms. The number of urea groups is 1. The number of carbonyl (C=O) groups excluding carboxylic acids is 1. The highest BCUT2D eigenvalue weighted by Crippen LogP contribution is 2.06. The minimum absolute atomic E-state index is 0.0839. The van der Waals surface area contributed by atoms with E-state index in [-0.39, 0.29) is 12.1 Å². The van der Waals surface area contributed by atoms with Crippen LogP contribution in [0.4, 0.5) is 4.79 Å². The van der Waals surface area contributed by atoms with E-state index in [0.29, 0.717) is 6.42 Å². The number of thioether (sulfide) groups is 1. The van der Waals surface area contributed by atoms with Gasteiger partial charge >= 0.3 is 12.0 Å². The minimum atomic E-state index is -0.970. The number of unbranched alkanes of at least 4 members (excludes halogenated alkanes) is 1. The van der Waals surface area contributed by atoms with E-state index in [4.69, 9.17) is 5.11 Å². The second kappa shape index (κ2) is 9.08. The Balaban J connectivity index is 4.35. The summed E-state index contributed by atoms with van der Waals surface area (Å²) in [6.45, 7) is 3.94. The Hall–Kier alpha value is -0.910. The summed E-state index contributed by atoms with van der Waals surface area (Å²) in [7, 11) is 1.69. The number of hydrogen-bond acceptors (Lipinski definition) is 3. The van der Waals surface area contributed by atoms with Gasteiger partial charge in [-0.05, 0) is 19.6 Å². The highest BCUT2D eigenvalue weighted by Gasteiger charge is 2.22. The van der Waals surface area contributed by atoms with Crippen LogP contribution in [0.1, 0.15) is 33.1 Å². The van der Waals surface area contributed by atoms with Crippen LogP contribution in [0.5, 0.6) is 0 Å². The zero-order chi connectivity index (χ0) is 14.1. The maximum atomic E-state index is 11.9. The summed E-state index contributed by atoms with van der Waals surface area (Å²) in [6.07, 6.45) is 4.16. The van der Waals surface area contributed by atoms with Gasteiger partial charge in [-0.15, -0.1) is 0 Å². The second-order valence-corrected chi connectivity index (χ2v) is 5.31. The number of amides is 2. The van der Waals surface area contributed by atoms with Crippen LogP contribution < -0.4 is 5.32 Å². The van der Waals surface area contributed by atoms with Gasteiger partial charge in [0.05, 0.1) is 0 Å². The number of carboxylic acids is 1. The van der Waals surface area contributed by atoms with Gasteiger partial charge in [0.25, 0.3) is 0 Å². The lowest BCUT2D eigenvalue weighted by molar-refractivity contribution is -0.139. The molecule has 0 aliphatic carbocycles. The lowest BCUT2D eigenvalue weighted by Crippen LogP contribution is -2.49. The Kier molecular flexibility index (Phi) is 8.62. The molecule has 0 saturated carbocycles. The summed E-state index contributed by atoms with van der Waals surface area (Å²) >= 11 is 1.66. The van der Waals surface area contributed by atoms with Gasteiger partial charge in [-0.25, -0.2) is 9.59 Å². The lowest BCUT2D eigenvalue weighted by Gasteiger charge is -2.26. The Bertz CT molecular complexity index is 274. The molecule has 0 radical (unpaired) electrons. The Labute approximate surface area is 113 Å². The Morgan fingerprint density at radius 3 is 2.50 bits per heavy atom. The molecule has 0 aromatic heterocycles. The highest BCUT2D eigenvalue weighted by molar-refractivity contribution is 7.98. The first-order chi connectivity index (χ1) is 8.43. The fraction of sp³-hybridized carbons (Fsp3) is 0.833. The summed E-state index contributed by atoms with van der Waals surface area (Å²) < 4.78 is 0. The highest BCUT2D eigenvalue weighted by atomic mass is 32.2. The van der Waals surface area contributed by atoms with Crippen LogP contribution in [0.15, 0.2) is 0 Å². The molecule has 0 aromatic carbocycles. The first kappa shape index (κ1) is 17.1. The quantitative estimate of drug-likeness (QED) is 0.711. The first-order valence-corrected chi connectivity index (χ1v) is 7.58. The number of aliphatic carboxylic acids is 1. The molecule has 0 heterocycles. The van der Waals surface area contributed by atoms with Crippen molar-refractivity contribution in [3.05, 3.63) is 0 Å². The van der Waals surface area contributed by atoms with Crippen molar-refractivity contribution in [2.75, 3.05) is 19.1 Å². The first-order valence-electron chi connectivity index (χ1n) is 6.19. The van der Waals surface area contributed by atoms with E-state index in [2.05, 4.69) is 5.32 Å². The fourth-order valence-corrected chi connectivity index (χ4v) is 2.18. The summed E-state index contributed by atoms with van der Waals surface area (Å²) in [5.41, 5.74) is 0. The van der Waals surface area contributed by atoms with Crippen LogP contribution in [-0.2, 0) is 4.79 Å². The van der Waals surface area contributed by atoms with Crippen LogP contribution in [-0.4, -0.2) is 53.1 Å². The van der Waals surface area contributed by atoms with Crippen molar-refractivity contribution >= 4 is 23.8 Å². The van der Waals surface area contributed by atoms with Gasteiger partial charge in [-0.3, -0.25) is 0 Å². The summed E-state index contributed by atoms with van der Waals surface area (Å²) in [4.78, 5) is 24.5. The molecule has 0 aromatic rings. The number of nitrogens with one attached hydrogen (secondary N) is 1. The summed E-state index contributed by atoms with van der Waals surface area (Å²) in [5.74, 6) is -0.140. The van der Waals surface area contributed by atoms with Crippen molar-refractivity contribution in [3.8, 4) is 0 Å². The van der Waals surface area contributed by atoms with Gasteiger partial charge in [0.15, 0.2) is 0 Å². The van der Waals surface area contributed by atoms with Crippen molar-refractivity contribution < 1.29 is 14.7 Å². The van der Waals surface area contributed by atoms with Crippen LogP contribution in [0.25, 0.3) is 0 Å². The van der Waals surface area contributed by atoms with E-state index in [9.17, 15) is 9.59 Å². The van der Waals surface area contributed by atoms with Crippen LogP contribution >= 0.6 is 11.8 Å². The average molecular weight is 276 g/mol. The monoisotopic (exact) mass is 276 g/mol. The van der Waals surface area contributed by atoms with Gasteiger partial charge in [0, 0.05) is 18.8 Å². The molecule has 0 rings (SSSR count). The van der Waals surface area contributed by atoms with Crippen molar-refractivity contribution in [2.24, 2.45) is 0 Å². The normalized spacial score (nSPS) is 13.8. The Morgan fingerprint density at radius 2 is 2.06 bits per heavy atom. The third-order valence-electron chi connectivity index (χ3n) is 2.83. The average Bonchev–Trinajstić information content (AvgIpc) is 2.33. The zero-order valence-electron chi connectivity index (χ0n) is 11.6. The molecule has 0 fully saturated rings. The molecule has 2 atom stereocenters. The number of rotatable bonds is 8. The SMILES string of the molecule is CCCCC(NC(=O)N(C)C(C)CSC)C(=O)O. The van der Waals surface area contributed by atoms with E-state index in [1.807, 2.05) is 20.1 Å². The van der Waals surface area contributed by atoms with E-state index in [1.54, 1.807) is 23.7 Å². The van der Waals surface area contributed by atoms with Crippen molar-refractivity contribution in [1.82, 2.24) is 10.2 Å². The molecule has 0 aliphatic rings. The third-order valence-corrected chi connectivity index (χ3v) is 3.65. The lowest BCUT2D eigenvalue weighted by atomic mass is 10.1. The maximum absolute atomic E-state index is 11.9. The molecule has 2 unspecified atom stereocenters. The number of hydrogen-bond donors (Lipinski definition) is 2. The van der Waals surface area contributed by atoms with E-state index in [1.165, 1.54) is 0 Å². The van der Waals surface area contributed by atoms with Gasteiger partial charge in [-0.1, -0.05) is 19.8 Å². The second-order valence-electron chi connectivity index (χ2n) is 4.40. The smallest absolute Gasteiger partial charge is 0.326 e. The van der Waals surface area contributed by atoms with Crippen molar-refractivity contribution in [2.45, 2.75) is 45.2 Å². The molecule has 5 nitrogen and oxygen atoms in total. The van der Waals surface area contributed by atoms with Gasteiger partial charge in [0.2, 0.25) is 0 Å². The zero-order valence-corrected chi connectivity index (χ0v) is 12.4. The van der Waals surface area contributed by atoms with Crippen molar-refractivity contribution in [3.63, 3.8) is 0 Å². The largest absolute Gasteiger partial charge is 0.480 e. The predicted molar refractivity (Wildman–Crippen MR) is 75.1 cm³/mol. The molecular formula is C12H24N2O3S. The molecule has 0 saturated heterocycles. The summed E-state index contributed by atoms with van der Waals surface area (Å²) in [5, 5.41) is 11.6. The van der Waals surface area contributed by atoms with Crippen LogP contribution in [0.3, 0.4) is 0 Å². The molecular weight excluding hydrogens is 252 g/mol. The van der Waals surface area contributed by atoms with Crippen LogP contribution in [0.2, 0.25) is 0 Å². The molecule has 0 aliphatic heterocycles. The summed E-state index contributed by atoms with van der Waals surface area (Å²) in [6, 6.07) is -1.03. The predicted octanol–water partition coefficient (Wildman–Crippen LogP) is 2.02. The van der Waals surface area contributed by atoms with Crippen molar-refractivity contribution in [1.29, 1.82) is 0 Å². The van der Waals surface area contributed by atoms with E-state index >= 15 is 0 Å². The van der Waals surface area contributed by atoms with Gasteiger partial charge < -0.3 is 15.3 Å². The van der Waals surface area contributed by atoms with Gasteiger partial charge in [0.1, 0.15) is 6.04 Å². The van der Waals surface area contributed by atoms with Gasteiger partial charge in [-0.2, -0.15) is 11.8 Å². The van der Waals surface area contributed by atoms with E-state index in [0.717, 1.165) is 18.6 Å². The Morgan fingerprint density at radius 1 is 1.44 bits per heavy atom. The third kappa shape index (κ3) is 6.14. The van der Waals surface area contributed by atoms with Crippen LogP contribution in [0, 0.1) is 0 Å². The molecule has 18 heavy (non-hydrogen) atoms. The van der Waals surface area contributed by atoms with E-state index < -0.39 is 12.0 Å². The topological polar surface area (TPSA) is 69.6 Å². The molecule has 0 bridgehead atoms. The maximum Gasteiger partial charge on any atom is 0.326 e. The molecule has 2 N–H and O–H groups in total. The minimum Gasteiger partial charge on any atom is -0.480 e. The number of carbonyl (C=O) groups is 2. The number of nitrogens with zero attached hydrogens (tertiary/aromatic N) is 1.